The number of alkyl halides is 1. The summed E-state index contributed by atoms with van der Waals surface area (Å²) in [5.74, 6) is -0.108. The number of halogens is 1. The molecule has 0 bridgehead atoms. The highest BCUT2D eigenvalue weighted by molar-refractivity contribution is 9.09. The molecular formula is C13H15BrN2O3. The molecule has 0 N–H and O–H groups in total. The topological polar surface area (TPSA) is 63.5 Å². The summed E-state index contributed by atoms with van der Waals surface area (Å²) in [4.78, 5) is 24.6. The Hall–Kier alpha value is -1.43. The van der Waals surface area contributed by atoms with Crippen molar-refractivity contribution in [2.75, 3.05) is 11.9 Å². The standard InChI is InChI=1S/C13H15BrN2O3/c1-9-2-3-11(16(18)19)8-12(9)13(17)15(7-6-14)10-4-5-10/h2-3,8,10H,4-7H2,1H3. The number of aryl methyl sites for hydroxylation is 1. The number of amides is 1. The lowest BCUT2D eigenvalue weighted by atomic mass is 10.1. The number of carbonyl (C=O) groups is 1. The molecule has 0 radical (unpaired) electrons. The molecule has 1 aliphatic carbocycles. The van der Waals surface area contributed by atoms with E-state index in [2.05, 4.69) is 15.9 Å². The van der Waals surface area contributed by atoms with Crippen LogP contribution in [0.4, 0.5) is 5.69 Å². The molecule has 1 amide bonds. The number of hydrogen-bond donors (Lipinski definition) is 0. The summed E-state index contributed by atoms with van der Waals surface area (Å²) in [6.07, 6.45) is 2.04. The number of carbonyl (C=O) groups excluding carboxylic acids is 1. The molecule has 0 unspecified atom stereocenters. The third-order valence-corrected chi connectivity index (χ3v) is 3.59. The second-order valence-corrected chi connectivity index (χ2v) is 5.47. The predicted octanol–water partition coefficient (Wildman–Crippen LogP) is 2.90. The predicted molar refractivity (Wildman–Crippen MR) is 75.7 cm³/mol. The van der Waals surface area contributed by atoms with Crippen molar-refractivity contribution < 1.29 is 9.72 Å². The summed E-state index contributed by atoms with van der Waals surface area (Å²) >= 11 is 3.34. The van der Waals surface area contributed by atoms with Gasteiger partial charge in [0.1, 0.15) is 0 Å². The highest BCUT2D eigenvalue weighted by Crippen LogP contribution is 2.29. The zero-order valence-electron chi connectivity index (χ0n) is 10.6. The average Bonchev–Trinajstić information content (AvgIpc) is 3.19. The maximum Gasteiger partial charge on any atom is 0.270 e. The molecule has 1 aromatic rings. The van der Waals surface area contributed by atoms with Gasteiger partial charge in [-0.2, -0.15) is 0 Å². The molecule has 2 rings (SSSR count). The molecule has 102 valence electrons. The first kappa shape index (κ1) is 14.0. The van der Waals surface area contributed by atoms with Crippen LogP contribution in [-0.2, 0) is 0 Å². The zero-order valence-corrected chi connectivity index (χ0v) is 12.2. The van der Waals surface area contributed by atoms with Crippen LogP contribution in [0.25, 0.3) is 0 Å². The summed E-state index contributed by atoms with van der Waals surface area (Å²) in [6.45, 7) is 2.43. The van der Waals surface area contributed by atoms with Crippen LogP contribution < -0.4 is 0 Å². The highest BCUT2D eigenvalue weighted by Gasteiger charge is 2.33. The van der Waals surface area contributed by atoms with Crippen LogP contribution >= 0.6 is 15.9 Å². The number of benzene rings is 1. The number of nitro groups is 1. The van der Waals surface area contributed by atoms with Gasteiger partial charge >= 0.3 is 0 Å². The van der Waals surface area contributed by atoms with Crippen molar-refractivity contribution >= 4 is 27.5 Å². The van der Waals surface area contributed by atoms with Gasteiger partial charge in [-0.1, -0.05) is 22.0 Å². The minimum Gasteiger partial charge on any atom is -0.335 e. The summed E-state index contributed by atoms with van der Waals surface area (Å²) in [6, 6.07) is 4.73. The Balaban J connectivity index is 2.30. The highest BCUT2D eigenvalue weighted by atomic mass is 79.9. The Morgan fingerprint density at radius 3 is 2.74 bits per heavy atom. The van der Waals surface area contributed by atoms with Gasteiger partial charge in [-0.3, -0.25) is 14.9 Å². The lowest BCUT2D eigenvalue weighted by molar-refractivity contribution is -0.384. The third kappa shape index (κ3) is 3.12. The molecule has 1 saturated carbocycles. The summed E-state index contributed by atoms with van der Waals surface area (Å²) in [5, 5.41) is 11.5. The largest absolute Gasteiger partial charge is 0.335 e. The van der Waals surface area contributed by atoms with Crippen molar-refractivity contribution in [2.24, 2.45) is 0 Å². The summed E-state index contributed by atoms with van der Waals surface area (Å²) < 4.78 is 0. The minimum atomic E-state index is -0.470. The summed E-state index contributed by atoms with van der Waals surface area (Å²) in [5.41, 5.74) is 1.17. The van der Waals surface area contributed by atoms with Crippen LogP contribution in [0, 0.1) is 17.0 Å². The van der Waals surface area contributed by atoms with Gasteiger partial charge in [0.2, 0.25) is 0 Å². The first-order valence-electron chi connectivity index (χ1n) is 6.16. The quantitative estimate of drug-likeness (QED) is 0.474. The number of non-ortho nitro benzene ring substituents is 1. The van der Waals surface area contributed by atoms with Crippen LogP contribution in [0.2, 0.25) is 0 Å². The number of nitrogens with zero attached hydrogens (tertiary/aromatic N) is 2. The van der Waals surface area contributed by atoms with Gasteiger partial charge in [0.25, 0.3) is 11.6 Å². The molecule has 1 fully saturated rings. The van der Waals surface area contributed by atoms with Crippen LogP contribution in [0.15, 0.2) is 18.2 Å². The van der Waals surface area contributed by atoms with Crippen LogP contribution in [0.3, 0.4) is 0 Å². The van der Waals surface area contributed by atoms with E-state index in [9.17, 15) is 14.9 Å². The molecule has 6 heteroatoms. The average molecular weight is 327 g/mol. The molecule has 5 nitrogen and oxygen atoms in total. The minimum absolute atomic E-state index is 0.0384. The van der Waals surface area contributed by atoms with Crippen molar-refractivity contribution in [3.63, 3.8) is 0 Å². The van der Waals surface area contributed by atoms with Gasteiger partial charge in [-0.15, -0.1) is 0 Å². The Morgan fingerprint density at radius 1 is 1.53 bits per heavy atom. The van der Waals surface area contributed by atoms with Crippen molar-refractivity contribution in [1.29, 1.82) is 0 Å². The maximum atomic E-state index is 12.5. The fourth-order valence-electron chi connectivity index (χ4n) is 2.04. The second-order valence-electron chi connectivity index (χ2n) is 4.68. The fourth-order valence-corrected chi connectivity index (χ4v) is 2.42. The third-order valence-electron chi connectivity index (χ3n) is 3.24. The van der Waals surface area contributed by atoms with E-state index in [1.165, 1.54) is 12.1 Å². The van der Waals surface area contributed by atoms with E-state index in [1.54, 1.807) is 17.9 Å². The molecule has 0 aliphatic heterocycles. The Kier molecular flexibility index (Phi) is 4.19. The van der Waals surface area contributed by atoms with E-state index in [-0.39, 0.29) is 11.6 Å². The van der Waals surface area contributed by atoms with E-state index in [0.29, 0.717) is 23.5 Å². The lowest BCUT2D eigenvalue weighted by Crippen LogP contribution is -2.35. The Bertz CT molecular complexity index is 515. The molecular weight excluding hydrogens is 312 g/mol. The molecule has 0 atom stereocenters. The van der Waals surface area contributed by atoms with E-state index < -0.39 is 4.92 Å². The van der Waals surface area contributed by atoms with Crippen molar-refractivity contribution in [3.05, 3.63) is 39.4 Å². The number of hydrogen-bond acceptors (Lipinski definition) is 3. The lowest BCUT2D eigenvalue weighted by Gasteiger charge is -2.22. The van der Waals surface area contributed by atoms with Gasteiger partial charge in [-0.05, 0) is 25.3 Å². The molecule has 19 heavy (non-hydrogen) atoms. The van der Waals surface area contributed by atoms with Gasteiger partial charge < -0.3 is 4.90 Å². The van der Waals surface area contributed by atoms with Gasteiger partial charge in [0, 0.05) is 35.6 Å². The molecule has 1 aliphatic rings. The first-order valence-corrected chi connectivity index (χ1v) is 7.28. The second kappa shape index (κ2) is 5.69. The first-order chi connectivity index (χ1) is 9.04. The van der Waals surface area contributed by atoms with Gasteiger partial charge in [0.05, 0.1) is 4.92 Å². The van der Waals surface area contributed by atoms with Crippen molar-refractivity contribution in [3.8, 4) is 0 Å². The number of nitro benzene ring substituents is 1. The Morgan fingerprint density at radius 2 is 2.21 bits per heavy atom. The normalized spacial score (nSPS) is 14.2. The molecule has 1 aromatic carbocycles. The van der Waals surface area contributed by atoms with Crippen molar-refractivity contribution in [2.45, 2.75) is 25.8 Å². The monoisotopic (exact) mass is 326 g/mol. The zero-order chi connectivity index (χ0) is 14.0. The van der Waals surface area contributed by atoms with E-state index in [4.69, 9.17) is 0 Å². The van der Waals surface area contributed by atoms with Crippen LogP contribution in [0.5, 0.6) is 0 Å². The van der Waals surface area contributed by atoms with E-state index in [1.807, 2.05) is 0 Å². The van der Waals surface area contributed by atoms with Crippen molar-refractivity contribution in [1.82, 2.24) is 4.90 Å². The molecule has 0 saturated heterocycles. The smallest absolute Gasteiger partial charge is 0.270 e. The van der Waals surface area contributed by atoms with Crippen LogP contribution in [0.1, 0.15) is 28.8 Å². The SMILES string of the molecule is Cc1ccc([N+](=O)[O-])cc1C(=O)N(CCBr)C1CC1. The maximum absolute atomic E-state index is 12.5. The van der Waals surface area contributed by atoms with Crippen LogP contribution in [-0.4, -0.2) is 33.6 Å². The van der Waals surface area contributed by atoms with E-state index in [0.717, 1.165) is 18.4 Å². The molecule has 0 heterocycles. The number of rotatable bonds is 5. The Labute approximate surface area is 119 Å². The fraction of sp³-hybridized carbons (Fsp3) is 0.462. The van der Waals surface area contributed by atoms with Gasteiger partial charge in [-0.25, -0.2) is 0 Å². The van der Waals surface area contributed by atoms with E-state index >= 15 is 0 Å². The molecule has 0 aromatic heterocycles. The van der Waals surface area contributed by atoms with Gasteiger partial charge in [0.15, 0.2) is 0 Å². The molecule has 0 spiro atoms. The summed E-state index contributed by atoms with van der Waals surface area (Å²) in [7, 11) is 0.